The molecule has 3 aromatic rings. The normalized spacial score (nSPS) is 13.7. The van der Waals surface area contributed by atoms with E-state index in [1.54, 1.807) is 18.3 Å². The van der Waals surface area contributed by atoms with Crippen LogP contribution in [0.1, 0.15) is 31.2 Å². The maximum atomic E-state index is 11.8. The van der Waals surface area contributed by atoms with E-state index in [1.807, 2.05) is 19.1 Å². The second kappa shape index (κ2) is 11.3. The van der Waals surface area contributed by atoms with Crippen molar-refractivity contribution in [3.63, 3.8) is 0 Å². The summed E-state index contributed by atoms with van der Waals surface area (Å²) in [6.07, 6.45) is 6.50. The first-order valence-electron chi connectivity index (χ1n) is 11.3. The van der Waals surface area contributed by atoms with Crippen molar-refractivity contribution in [2.24, 2.45) is 5.92 Å². The van der Waals surface area contributed by atoms with Crippen molar-refractivity contribution < 1.29 is 23.9 Å². The van der Waals surface area contributed by atoms with E-state index in [0.29, 0.717) is 35.3 Å². The zero-order valence-electron chi connectivity index (χ0n) is 18.9. The third-order valence-corrected chi connectivity index (χ3v) is 5.97. The second-order valence-corrected chi connectivity index (χ2v) is 8.61. The van der Waals surface area contributed by atoms with Crippen LogP contribution in [0.25, 0.3) is 22.8 Å². The molecule has 1 fully saturated rings. The van der Waals surface area contributed by atoms with Crippen molar-refractivity contribution in [3.8, 4) is 34.5 Å². The number of rotatable bonds is 10. The van der Waals surface area contributed by atoms with Crippen LogP contribution in [0.4, 0.5) is 0 Å². The molecule has 2 N–H and O–H groups in total. The third kappa shape index (κ3) is 5.84. The number of aromatic nitrogens is 3. The number of benzene rings is 1. The Bertz CT molecular complexity index is 1130. The molecule has 2 heterocycles. The second-order valence-electron chi connectivity index (χ2n) is 8.23. The Morgan fingerprint density at radius 1 is 1.26 bits per heavy atom. The molecule has 0 unspecified atom stereocenters. The van der Waals surface area contributed by atoms with Crippen LogP contribution in [0.2, 0.25) is 5.02 Å². The minimum atomic E-state index is -0.364. The van der Waals surface area contributed by atoms with Gasteiger partial charge in [-0.05, 0) is 55.5 Å². The average Bonchev–Trinajstić information content (AvgIpc) is 3.54. The highest BCUT2D eigenvalue weighted by molar-refractivity contribution is 6.34. The van der Waals surface area contributed by atoms with Crippen LogP contribution in [0.3, 0.4) is 0 Å². The lowest BCUT2D eigenvalue weighted by Gasteiger charge is -2.12. The summed E-state index contributed by atoms with van der Waals surface area (Å²) in [7, 11) is 0. The number of carbonyl (C=O) groups excluding carboxylic acids is 1. The SMILES string of the molecule is Cc1cc(OCC(=O)NCCO)c(Cl)c(-c2noc(-c3cccnc3OCC3CCCC3)n2)c1. The molecule has 2 aromatic heterocycles. The summed E-state index contributed by atoms with van der Waals surface area (Å²) in [5.41, 5.74) is 1.97. The molecular formula is C24H27ClN4O5. The number of pyridine rings is 1. The number of carbonyl (C=O) groups is 1. The Kier molecular flexibility index (Phi) is 7.97. The average molecular weight is 487 g/mol. The van der Waals surface area contributed by atoms with E-state index < -0.39 is 0 Å². The van der Waals surface area contributed by atoms with Crippen molar-refractivity contribution in [1.82, 2.24) is 20.4 Å². The van der Waals surface area contributed by atoms with Gasteiger partial charge in [0, 0.05) is 18.3 Å². The number of ether oxygens (including phenoxy) is 2. The maximum Gasteiger partial charge on any atom is 0.263 e. The highest BCUT2D eigenvalue weighted by atomic mass is 35.5. The summed E-state index contributed by atoms with van der Waals surface area (Å²) in [5, 5.41) is 15.7. The first-order valence-corrected chi connectivity index (χ1v) is 11.7. The van der Waals surface area contributed by atoms with Crippen LogP contribution in [0.15, 0.2) is 35.0 Å². The largest absolute Gasteiger partial charge is 0.482 e. The highest BCUT2D eigenvalue weighted by Crippen LogP contribution is 2.37. The fourth-order valence-electron chi connectivity index (χ4n) is 3.88. The number of hydrogen-bond donors (Lipinski definition) is 2. The van der Waals surface area contributed by atoms with Crippen LogP contribution in [-0.4, -0.2) is 52.5 Å². The van der Waals surface area contributed by atoms with Crippen molar-refractivity contribution in [3.05, 3.63) is 41.0 Å². The molecule has 1 aliphatic carbocycles. The first kappa shape index (κ1) is 24.0. The van der Waals surface area contributed by atoms with Gasteiger partial charge in [-0.15, -0.1) is 0 Å². The van der Waals surface area contributed by atoms with Gasteiger partial charge in [0.2, 0.25) is 11.7 Å². The van der Waals surface area contributed by atoms with Crippen LogP contribution >= 0.6 is 11.6 Å². The molecule has 0 spiro atoms. The molecule has 0 bridgehead atoms. The van der Waals surface area contributed by atoms with Gasteiger partial charge < -0.3 is 24.4 Å². The van der Waals surface area contributed by atoms with Crippen molar-refractivity contribution in [2.75, 3.05) is 26.4 Å². The lowest BCUT2D eigenvalue weighted by molar-refractivity contribution is -0.123. The molecular weight excluding hydrogens is 460 g/mol. The standard InChI is InChI=1S/C24H27ClN4O5/c1-15-11-18(21(25)19(12-15)32-14-20(31)26-9-10-30)22-28-24(34-29-22)17-7-4-8-27-23(17)33-13-16-5-2-3-6-16/h4,7-8,11-12,16,30H,2-3,5-6,9-10,13-14H2,1H3,(H,26,31). The quantitative estimate of drug-likeness (QED) is 0.444. The fraction of sp³-hybridized carbons (Fsp3) is 0.417. The van der Waals surface area contributed by atoms with E-state index in [4.69, 9.17) is 30.7 Å². The third-order valence-electron chi connectivity index (χ3n) is 5.58. The van der Waals surface area contributed by atoms with Gasteiger partial charge in [0.1, 0.15) is 11.3 Å². The predicted molar refractivity (Wildman–Crippen MR) is 126 cm³/mol. The minimum absolute atomic E-state index is 0.147. The van der Waals surface area contributed by atoms with Crippen LogP contribution in [0, 0.1) is 12.8 Å². The minimum Gasteiger partial charge on any atom is -0.482 e. The first-order chi connectivity index (χ1) is 16.5. The Morgan fingerprint density at radius 3 is 2.88 bits per heavy atom. The van der Waals surface area contributed by atoms with E-state index in [-0.39, 0.29) is 42.4 Å². The van der Waals surface area contributed by atoms with E-state index >= 15 is 0 Å². The molecule has 1 aliphatic rings. The maximum absolute atomic E-state index is 11.8. The Labute approximate surface area is 202 Å². The summed E-state index contributed by atoms with van der Waals surface area (Å²) in [4.78, 5) is 20.7. The van der Waals surface area contributed by atoms with Gasteiger partial charge in [0.25, 0.3) is 11.8 Å². The molecule has 1 amide bonds. The van der Waals surface area contributed by atoms with Gasteiger partial charge in [-0.1, -0.05) is 29.6 Å². The van der Waals surface area contributed by atoms with Gasteiger partial charge in [0.05, 0.1) is 18.2 Å². The van der Waals surface area contributed by atoms with Crippen molar-refractivity contribution in [2.45, 2.75) is 32.6 Å². The van der Waals surface area contributed by atoms with Gasteiger partial charge in [0.15, 0.2) is 6.61 Å². The number of nitrogens with zero attached hydrogens (tertiary/aromatic N) is 3. The Hall–Kier alpha value is -3.17. The molecule has 9 nitrogen and oxygen atoms in total. The van der Waals surface area contributed by atoms with Crippen LogP contribution in [0.5, 0.6) is 11.6 Å². The molecule has 0 atom stereocenters. The summed E-state index contributed by atoms with van der Waals surface area (Å²) in [6.45, 7) is 2.25. The Morgan fingerprint density at radius 2 is 2.09 bits per heavy atom. The van der Waals surface area contributed by atoms with Gasteiger partial charge >= 0.3 is 0 Å². The van der Waals surface area contributed by atoms with Crippen molar-refractivity contribution in [1.29, 1.82) is 0 Å². The number of aliphatic hydroxyl groups is 1. The molecule has 34 heavy (non-hydrogen) atoms. The van der Waals surface area contributed by atoms with Gasteiger partial charge in [-0.3, -0.25) is 4.79 Å². The lowest BCUT2D eigenvalue weighted by atomic mass is 10.1. The number of aryl methyl sites for hydroxylation is 1. The van der Waals surface area contributed by atoms with Crippen LogP contribution < -0.4 is 14.8 Å². The Balaban J connectivity index is 1.53. The smallest absolute Gasteiger partial charge is 0.263 e. The van der Waals surface area contributed by atoms with Crippen LogP contribution in [-0.2, 0) is 4.79 Å². The summed E-state index contributed by atoms with van der Waals surface area (Å²) in [5.74, 6) is 1.51. The molecule has 180 valence electrons. The molecule has 0 aliphatic heterocycles. The topological polar surface area (TPSA) is 120 Å². The predicted octanol–water partition coefficient (Wildman–Crippen LogP) is 3.82. The summed E-state index contributed by atoms with van der Waals surface area (Å²) >= 11 is 6.56. The molecule has 10 heteroatoms. The van der Waals surface area contributed by atoms with Gasteiger partial charge in [-0.2, -0.15) is 4.98 Å². The molecule has 1 saturated carbocycles. The summed E-state index contributed by atoms with van der Waals surface area (Å²) in [6, 6.07) is 7.15. The fourth-order valence-corrected chi connectivity index (χ4v) is 4.13. The number of hydrogen-bond acceptors (Lipinski definition) is 8. The molecule has 0 saturated heterocycles. The zero-order valence-corrected chi connectivity index (χ0v) is 19.7. The monoisotopic (exact) mass is 486 g/mol. The highest BCUT2D eigenvalue weighted by Gasteiger charge is 2.21. The summed E-state index contributed by atoms with van der Waals surface area (Å²) < 4.78 is 17.1. The number of nitrogens with one attached hydrogen (secondary N) is 1. The number of aliphatic hydroxyl groups excluding tert-OH is 1. The molecule has 1 aromatic carbocycles. The van der Waals surface area contributed by atoms with E-state index in [9.17, 15) is 4.79 Å². The van der Waals surface area contributed by atoms with E-state index in [0.717, 1.165) is 5.56 Å². The van der Waals surface area contributed by atoms with E-state index in [1.165, 1.54) is 25.7 Å². The van der Waals surface area contributed by atoms with Crippen molar-refractivity contribution >= 4 is 17.5 Å². The molecule has 0 radical (unpaired) electrons. The van der Waals surface area contributed by atoms with Gasteiger partial charge in [-0.25, -0.2) is 4.98 Å². The lowest BCUT2D eigenvalue weighted by Crippen LogP contribution is -2.31. The molecule has 4 rings (SSSR count). The number of halogens is 1. The van der Waals surface area contributed by atoms with E-state index in [2.05, 4.69) is 20.4 Å². The number of amides is 1. The zero-order chi connectivity index (χ0) is 23.9.